The Morgan fingerprint density at radius 3 is 3.07 bits per heavy atom. The van der Waals surface area contributed by atoms with Gasteiger partial charge in [-0.15, -0.1) is 11.3 Å². The Bertz CT molecular complexity index is 323. The zero-order valence-corrected chi connectivity index (χ0v) is 10.5. The van der Waals surface area contributed by atoms with Crippen LogP contribution in [0.4, 0.5) is 0 Å². The largest absolute Gasteiger partial charge is 0.312 e. The van der Waals surface area contributed by atoms with Crippen LogP contribution in [0.5, 0.6) is 0 Å². The third kappa shape index (κ3) is 2.56. The highest BCUT2D eigenvalue weighted by Crippen LogP contribution is 2.22. The van der Waals surface area contributed by atoms with Gasteiger partial charge in [0, 0.05) is 31.1 Å². The minimum Gasteiger partial charge on any atom is -0.312 e. The van der Waals surface area contributed by atoms with Crippen LogP contribution < -0.4 is 5.32 Å². The average molecular weight is 225 g/mol. The molecule has 1 aliphatic rings. The molecule has 2 heterocycles. The number of aryl methyl sites for hydroxylation is 1. The van der Waals surface area contributed by atoms with E-state index in [0.29, 0.717) is 12.1 Å². The second-order valence-corrected chi connectivity index (χ2v) is 5.38. The molecule has 2 atom stereocenters. The van der Waals surface area contributed by atoms with E-state index >= 15 is 0 Å². The molecular weight excluding hydrogens is 206 g/mol. The quantitative estimate of drug-likeness (QED) is 0.832. The molecule has 0 radical (unpaired) electrons. The molecule has 0 aromatic carbocycles. The minimum absolute atomic E-state index is 0.458. The van der Waals surface area contributed by atoms with Gasteiger partial charge in [-0.1, -0.05) is 0 Å². The highest BCUT2D eigenvalue weighted by molar-refractivity contribution is 7.09. The van der Waals surface area contributed by atoms with Crippen molar-refractivity contribution in [3.63, 3.8) is 0 Å². The van der Waals surface area contributed by atoms with Gasteiger partial charge in [0.25, 0.3) is 0 Å². The van der Waals surface area contributed by atoms with E-state index in [4.69, 9.17) is 0 Å². The second kappa shape index (κ2) is 4.60. The topological polar surface area (TPSA) is 28.2 Å². The van der Waals surface area contributed by atoms with E-state index in [-0.39, 0.29) is 0 Å². The maximum Gasteiger partial charge on any atom is 0.0898 e. The number of hydrogen-bond acceptors (Lipinski definition) is 4. The molecule has 0 amide bonds. The lowest BCUT2D eigenvalue weighted by Gasteiger charge is -2.35. The smallest absolute Gasteiger partial charge is 0.0898 e. The predicted octanol–water partition coefficient (Wildman–Crippen LogP) is 1.81. The molecule has 15 heavy (non-hydrogen) atoms. The van der Waals surface area contributed by atoms with Gasteiger partial charge >= 0.3 is 0 Å². The Kier molecular flexibility index (Phi) is 3.38. The molecule has 0 saturated carbocycles. The molecule has 1 aliphatic heterocycles. The fourth-order valence-electron chi connectivity index (χ4n) is 2.07. The van der Waals surface area contributed by atoms with Crippen molar-refractivity contribution in [2.24, 2.45) is 0 Å². The van der Waals surface area contributed by atoms with Gasteiger partial charge in [-0.3, -0.25) is 4.90 Å². The van der Waals surface area contributed by atoms with Crippen LogP contribution in [-0.2, 0) is 0 Å². The zero-order valence-electron chi connectivity index (χ0n) is 9.66. The number of thiazole rings is 1. The van der Waals surface area contributed by atoms with Crippen molar-refractivity contribution in [3.05, 3.63) is 16.1 Å². The van der Waals surface area contributed by atoms with Crippen LogP contribution in [0, 0.1) is 6.92 Å². The van der Waals surface area contributed by atoms with Crippen LogP contribution in [0.2, 0.25) is 0 Å². The lowest BCUT2D eigenvalue weighted by atomic mass is 10.1. The Hall–Kier alpha value is -0.450. The summed E-state index contributed by atoms with van der Waals surface area (Å²) in [5, 5.41) is 6.82. The van der Waals surface area contributed by atoms with Gasteiger partial charge in [-0.25, -0.2) is 4.98 Å². The summed E-state index contributed by atoms with van der Waals surface area (Å²) in [7, 11) is 0. The van der Waals surface area contributed by atoms with Crippen molar-refractivity contribution < 1.29 is 0 Å². The first-order chi connectivity index (χ1) is 7.16. The molecule has 2 rings (SSSR count). The van der Waals surface area contributed by atoms with Crippen molar-refractivity contribution in [1.82, 2.24) is 15.2 Å². The van der Waals surface area contributed by atoms with E-state index < -0.39 is 0 Å². The number of rotatable bonds is 2. The maximum absolute atomic E-state index is 4.57. The number of nitrogens with one attached hydrogen (secondary N) is 1. The van der Waals surface area contributed by atoms with E-state index in [1.165, 1.54) is 10.7 Å². The average Bonchev–Trinajstić information content (AvgIpc) is 2.64. The van der Waals surface area contributed by atoms with E-state index in [1.807, 2.05) is 0 Å². The van der Waals surface area contributed by atoms with Crippen LogP contribution in [0.3, 0.4) is 0 Å². The van der Waals surface area contributed by atoms with E-state index in [9.17, 15) is 0 Å². The molecule has 1 saturated heterocycles. The second-order valence-electron chi connectivity index (χ2n) is 4.32. The molecule has 0 spiro atoms. The lowest BCUT2D eigenvalue weighted by Crippen LogP contribution is -2.49. The van der Waals surface area contributed by atoms with Crippen molar-refractivity contribution >= 4 is 11.3 Å². The van der Waals surface area contributed by atoms with Gasteiger partial charge in [0.2, 0.25) is 0 Å². The number of hydrogen-bond donors (Lipinski definition) is 1. The molecule has 1 aromatic rings. The van der Waals surface area contributed by atoms with Gasteiger partial charge in [-0.2, -0.15) is 0 Å². The molecule has 2 unspecified atom stereocenters. The standard InChI is InChI=1S/C11H19N3S/c1-8-6-14(5-4-12-8)9(2)11-7-15-10(3)13-11/h7-9,12H,4-6H2,1-3H3. The van der Waals surface area contributed by atoms with Crippen LogP contribution in [0.15, 0.2) is 5.38 Å². The summed E-state index contributed by atoms with van der Waals surface area (Å²) >= 11 is 1.74. The summed E-state index contributed by atoms with van der Waals surface area (Å²) in [6.45, 7) is 9.91. The zero-order chi connectivity index (χ0) is 10.8. The molecule has 0 aliphatic carbocycles. The van der Waals surface area contributed by atoms with Crippen LogP contribution in [0.1, 0.15) is 30.6 Å². The van der Waals surface area contributed by atoms with Gasteiger partial charge in [-0.05, 0) is 20.8 Å². The first kappa shape index (κ1) is 11.0. The van der Waals surface area contributed by atoms with E-state index in [2.05, 4.69) is 41.4 Å². The van der Waals surface area contributed by atoms with Crippen molar-refractivity contribution in [3.8, 4) is 0 Å². The third-order valence-electron chi connectivity index (χ3n) is 3.01. The monoisotopic (exact) mass is 225 g/mol. The third-order valence-corrected chi connectivity index (χ3v) is 3.80. The summed E-state index contributed by atoms with van der Waals surface area (Å²) in [6, 6.07) is 1.06. The Labute approximate surface area is 95.5 Å². The number of nitrogens with zero attached hydrogens (tertiary/aromatic N) is 2. The SMILES string of the molecule is Cc1nc(C(C)N2CCNC(C)C2)cs1. The van der Waals surface area contributed by atoms with Gasteiger partial charge in [0.15, 0.2) is 0 Å². The fourth-order valence-corrected chi connectivity index (χ4v) is 2.77. The predicted molar refractivity (Wildman–Crippen MR) is 64.3 cm³/mol. The highest BCUT2D eigenvalue weighted by atomic mass is 32.1. The molecule has 1 N–H and O–H groups in total. The van der Waals surface area contributed by atoms with Gasteiger partial charge in [0.1, 0.15) is 0 Å². The number of piperazine rings is 1. The van der Waals surface area contributed by atoms with E-state index in [1.54, 1.807) is 11.3 Å². The number of aromatic nitrogens is 1. The molecule has 4 heteroatoms. The normalized spacial score (nSPS) is 25.4. The van der Waals surface area contributed by atoms with Crippen LogP contribution >= 0.6 is 11.3 Å². The van der Waals surface area contributed by atoms with Gasteiger partial charge in [0.05, 0.1) is 16.7 Å². The van der Waals surface area contributed by atoms with Crippen molar-refractivity contribution in [2.45, 2.75) is 32.9 Å². The summed E-state index contributed by atoms with van der Waals surface area (Å²) in [5.41, 5.74) is 1.23. The summed E-state index contributed by atoms with van der Waals surface area (Å²) in [5.74, 6) is 0. The Balaban J connectivity index is 2.03. The Morgan fingerprint density at radius 2 is 2.47 bits per heavy atom. The highest BCUT2D eigenvalue weighted by Gasteiger charge is 2.22. The molecule has 84 valence electrons. The fraction of sp³-hybridized carbons (Fsp3) is 0.727. The molecule has 1 fully saturated rings. The summed E-state index contributed by atoms with van der Waals surface area (Å²) in [4.78, 5) is 7.08. The van der Waals surface area contributed by atoms with Gasteiger partial charge < -0.3 is 5.32 Å². The van der Waals surface area contributed by atoms with E-state index in [0.717, 1.165) is 19.6 Å². The maximum atomic E-state index is 4.57. The molecular formula is C11H19N3S. The molecule has 3 nitrogen and oxygen atoms in total. The Morgan fingerprint density at radius 1 is 1.67 bits per heavy atom. The minimum atomic E-state index is 0.458. The first-order valence-corrected chi connectivity index (χ1v) is 6.44. The summed E-state index contributed by atoms with van der Waals surface area (Å²) in [6.07, 6.45) is 0. The first-order valence-electron chi connectivity index (χ1n) is 5.56. The van der Waals surface area contributed by atoms with Crippen LogP contribution in [0.25, 0.3) is 0 Å². The van der Waals surface area contributed by atoms with Crippen molar-refractivity contribution in [2.75, 3.05) is 19.6 Å². The molecule has 0 bridgehead atoms. The van der Waals surface area contributed by atoms with Crippen LogP contribution in [-0.4, -0.2) is 35.6 Å². The summed E-state index contributed by atoms with van der Waals surface area (Å²) < 4.78 is 0. The van der Waals surface area contributed by atoms with Crippen molar-refractivity contribution in [1.29, 1.82) is 0 Å². The molecule has 1 aromatic heterocycles. The lowest BCUT2D eigenvalue weighted by molar-refractivity contribution is 0.156.